The van der Waals surface area contributed by atoms with Crippen molar-refractivity contribution in [1.29, 1.82) is 0 Å². The molecule has 1 aliphatic carbocycles. The number of aromatic nitrogens is 3. The molecule has 0 atom stereocenters. The Morgan fingerprint density at radius 1 is 1.13 bits per heavy atom. The van der Waals surface area contributed by atoms with Crippen molar-refractivity contribution in [2.24, 2.45) is 0 Å². The molecule has 5 heteroatoms. The van der Waals surface area contributed by atoms with E-state index in [1.807, 2.05) is 41.0 Å². The van der Waals surface area contributed by atoms with Gasteiger partial charge in [0.05, 0.1) is 6.20 Å². The SMILES string of the molecule is O=C(NCc1ccccc1)c1cnn2c3c(cnc12)CCCC3. The van der Waals surface area contributed by atoms with E-state index in [0.717, 1.165) is 18.4 Å². The Morgan fingerprint density at radius 3 is 2.83 bits per heavy atom. The van der Waals surface area contributed by atoms with Gasteiger partial charge in [0.2, 0.25) is 0 Å². The lowest BCUT2D eigenvalue weighted by Gasteiger charge is -2.15. The molecule has 1 amide bonds. The third kappa shape index (κ3) is 2.59. The van der Waals surface area contributed by atoms with Crippen LogP contribution in [0.3, 0.4) is 0 Å². The molecular weight excluding hydrogens is 288 g/mol. The van der Waals surface area contributed by atoms with Gasteiger partial charge in [-0.05, 0) is 36.8 Å². The van der Waals surface area contributed by atoms with Gasteiger partial charge in [-0.1, -0.05) is 30.3 Å². The lowest BCUT2D eigenvalue weighted by Crippen LogP contribution is -2.23. The fourth-order valence-corrected chi connectivity index (χ4v) is 3.13. The van der Waals surface area contributed by atoms with Crippen LogP contribution in [0.4, 0.5) is 0 Å². The first-order valence-electron chi connectivity index (χ1n) is 7.99. The molecule has 3 aromatic rings. The number of nitrogens with one attached hydrogen (secondary N) is 1. The Kier molecular flexibility index (Phi) is 3.54. The monoisotopic (exact) mass is 306 g/mol. The predicted molar refractivity (Wildman–Crippen MR) is 87.2 cm³/mol. The van der Waals surface area contributed by atoms with E-state index in [0.29, 0.717) is 17.8 Å². The molecule has 0 fully saturated rings. The van der Waals surface area contributed by atoms with Crippen molar-refractivity contribution in [2.75, 3.05) is 0 Å². The van der Waals surface area contributed by atoms with E-state index in [2.05, 4.69) is 15.4 Å². The second-order valence-corrected chi connectivity index (χ2v) is 5.90. The minimum absolute atomic E-state index is 0.132. The minimum atomic E-state index is -0.132. The molecule has 0 unspecified atom stereocenters. The van der Waals surface area contributed by atoms with Crippen molar-refractivity contribution in [3.05, 3.63) is 65.1 Å². The number of amides is 1. The Balaban J connectivity index is 1.60. The highest BCUT2D eigenvalue weighted by molar-refractivity contribution is 5.99. The molecule has 1 aromatic carbocycles. The first-order chi connectivity index (χ1) is 11.3. The molecule has 0 radical (unpaired) electrons. The molecule has 1 aliphatic rings. The summed E-state index contributed by atoms with van der Waals surface area (Å²) in [7, 11) is 0. The van der Waals surface area contributed by atoms with Crippen LogP contribution in [-0.2, 0) is 19.4 Å². The van der Waals surface area contributed by atoms with Crippen molar-refractivity contribution < 1.29 is 4.79 Å². The van der Waals surface area contributed by atoms with Gasteiger partial charge in [-0.3, -0.25) is 4.79 Å². The number of benzene rings is 1. The average molecular weight is 306 g/mol. The van der Waals surface area contributed by atoms with Crippen LogP contribution >= 0.6 is 0 Å². The van der Waals surface area contributed by atoms with E-state index in [-0.39, 0.29) is 5.91 Å². The maximum absolute atomic E-state index is 12.5. The van der Waals surface area contributed by atoms with Crippen LogP contribution in [0.2, 0.25) is 0 Å². The summed E-state index contributed by atoms with van der Waals surface area (Å²) in [6.45, 7) is 0.502. The summed E-state index contributed by atoms with van der Waals surface area (Å²) in [4.78, 5) is 16.9. The highest BCUT2D eigenvalue weighted by atomic mass is 16.1. The van der Waals surface area contributed by atoms with Crippen LogP contribution in [0, 0.1) is 0 Å². The zero-order chi connectivity index (χ0) is 15.6. The van der Waals surface area contributed by atoms with Crippen molar-refractivity contribution in [1.82, 2.24) is 19.9 Å². The summed E-state index contributed by atoms with van der Waals surface area (Å²) in [6.07, 6.45) is 7.94. The largest absolute Gasteiger partial charge is 0.348 e. The molecule has 116 valence electrons. The third-order valence-electron chi connectivity index (χ3n) is 4.36. The highest BCUT2D eigenvalue weighted by Crippen LogP contribution is 2.22. The first kappa shape index (κ1) is 13.9. The smallest absolute Gasteiger partial charge is 0.257 e. The Labute approximate surface area is 134 Å². The number of carbonyl (C=O) groups is 1. The van der Waals surface area contributed by atoms with Gasteiger partial charge in [0.1, 0.15) is 5.56 Å². The fraction of sp³-hybridized carbons (Fsp3) is 0.278. The zero-order valence-corrected chi connectivity index (χ0v) is 12.8. The van der Waals surface area contributed by atoms with Gasteiger partial charge >= 0.3 is 0 Å². The number of hydrogen-bond acceptors (Lipinski definition) is 3. The molecule has 2 aromatic heterocycles. The van der Waals surface area contributed by atoms with Crippen LogP contribution in [0.1, 0.15) is 40.0 Å². The summed E-state index contributed by atoms with van der Waals surface area (Å²) >= 11 is 0. The highest BCUT2D eigenvalue weighted by Gasteiger charge is 2.19. The van der Waals surface area contributed by atoms with Gasteiger partial charge in [-0.25, -0.2) is 9.50 Å². The standard InChI is InChI=1S/C18H18N4O/c23-18(20-10-13-6-2-1-3-7-13)15-12-21-22-16-9-5-4-8-14(16)11-19-17(15)22/h1-3,6-7,11-12H,4-5,8-10H2,(H,20,23). The molecular formula is C18H18N4O. The molecule has 5 nitrogen and oxygen atoms in total. The van der Waals surface area contributed by atoms with Gasteiger partial charge in [0, 0.05) is 18.4 Å². The Morgan fingerprint density at radius 2 is 1.96 bits per heavy atom. The van der Waals surface area contributed by atoms with E-state index in [4.69, 9.17) is 0 Å². The summed E-state index contributed by atoms with van der Waals surface area (Å²) < 4.78 is 1.84. The average Bonchev–Trinajstić information content (AvgIpc) is 3.05. The number of nitrogens with zero attached hydrogens (tertiary/aromatic N) is 3. The van der Waals surface area contributed by atoms with E-state index in [1.165, 1.54) is 24.1 Å². The molecule has 4 rings (SSSR count). The van der Waals surface area contributed by atoms with Crippen LogP contribution in [0.15, 0.2) is 42.7 Å². The van der Waals surface area contributed by atoms with Crippen LogP contribution < -0.4 is 5.32 Å². The van der Waals surface area contributed by atoms with Crippen LogP contribution in [0.25, 0.3) is 5.65 Å². The lowest BCUT2D eigenvalue weighted by molar-refractivity contribution is 0.0952. The van der Waals surface area contributed by atoms with Crippen molar-refractivity contribution >= 4 is 11.6 Å². The van der Waals surface area contributed by atoms with Gasteiger partial charge in [0.15, 0.2) is 5.65 Å². The summed E-state index contributed by atoms with van der Waals surface area (Å²) in [5.41, 5.74) is 4.71. The number of rotatable bonds is 3. The molecule has 0 saturated heterocycles. The second-order valence-electron chi connectivity index (χ2n) is 5.90. The minimum Gasteiger partial charge on any atom is -0.348 e. The van der Waals surface area contributed by atoms with Gasteiger partial charge in [-0.2, -0.15) is 5.10 Å². The Hall–Kier alpha value is -2.69. The zero-order valence-electron chi connectivity index (χ0n) is 12.8. The van der Waals surface area contributed by atoms with Gasteiger partial charge in [-0.15, -0.1) is 0 Å². The number of carbonyl (C=O) groups excluding carboxylic acids is 1. The van der Waals surface area contributed by atoms with Crippen molar-refractivity contribution in [3.8, 4) is 0 Å². The van der Waals surface area contributed by atoms with E-state index >= 15 is 0 Å². The number of hydrogen-bond donors (Lipinski definition) is 1. The van der Waals surface area contributed by atoms with E-state index in [9.17, 15) is 4.79 Å². The molecule has 0 spiro atoms. The maximum atomic E-state index is 12.5. The first-order valence-corrected chi connectivity index (χ1v) is 7.99. The number of fused-ring (bicyclic) bond motifs is 3. The lowest BCUT2D eigenvalue weighted by atomic mass is 9.97. The molecule has 2 heterocycles. The molecule has 23 heavy (non-hydrogen) atoms. The summed E-state index contributed by atoms with van der Waals surface area (Å²) in [5.74, 6) is -0.132. The van der Waals surface area contributed by atoms with Crippen molar-refractivity contribution in [2.45, 2.75) is 32.2 Å². The summed E-state index contributed by atoms with van der Waals surface area (Å²) in [6, 6.07) is 9.87. The normalized spacial score (nSPS) is 13.7. The number of aryl methyl sites for hydroxylation is 2. The van der Waals surface area contributed by atoms with Crippen LogP contribution in [-0.4, -0.2) is 20.5 Å². The van der Waals surface area contributed by atoms with Crippen LogP contribution in [0.5, 0.6) is 0 Å². The van der Waals surface area contributed by atoms with Crippen molar-refractivity contribution in [3.63, 3.8) is 0 Å². The predicted octanol–water partition coefficient (Wildman–Crippen LogP) is 2.54. The van der Waals surface area contributed by atoms with E-state index in [1.54, 1.807) is 6.20 Å². The Bertz CT molecular complexity index is 854. The van der Waals surface area contributed by atoms with Gasteiger partial charge < -0.3 is 5.32 Å². The van der Waals surface area contributed by atoms with E-state index < -0.39 is 0 Å². The maximum Gasteiger partial charge on any atom is 0.257 e. The second kappa shape index (κ2) is 5.83. The molecule has 1 N–H and O–H groups in total. The van der Waals surface area contributed by atoms with Gasteiger partial charge in [0.25, 0.3) is 5.91 Å². The third-order valence-corrected chi connectivity index (χ3v) is 4.36. The summed E-state index contributed by atoms with van der Waals surface area (Å²) in [5, 5.41) is 7.34. The topological polar surface area (TPSA) is 59.3 Å². The molecule has 0 saturated carbocycles. The fourth-order valence-electron chi connectivity index (χ4n) is 3.13. The molecule has 0 bridgehead atoms. The quantitative estimate of drug-likeness (QED) is 0.809. The molecule has 0 aliphatic heterocycles.